The Balaban J connectivity index is 1.62. The van der Waals surface area contributed by atoms with Gasteiger partial charge in [-0.2, -0.15) is 5.10 Å². The van der Waals surface area contributed by atoms with E-state index < -0.39 is 4.92 Å². The highest BCUT2D eigenvalue weighted by atomic mass is 16.6. The van der Waals surface area contributed by atoms with Crippen molar-refractivity contribution in [1.82, 2.24) is 19.6 Å². The quantitative estimate of drug-likeness (QED) is 0.616. The van der Waals surface area contributed by atoms with Crippen LogP contribution in [0.2, 0.25) is 0 Å². The fourth-order valence-corrected chi connectivity index (χ4v) is 3.28. The first kappa shape index (κ1) is 18.1. The van der Waals surface area contributed by atoms with Crippen molar-refractivity contribution in [3.63, 3.8) is 0 Å². The lowest BCUT2D eigenvalue weighted by atomic mass is 10.1. The number of carbonyl (C=O) groups excluding carboxylic acids is 1. The largest absolute Gasteiger partial charge is 0.336 e. The molecule has 0 unspecified atom stereocenters. The molecule has 2 aromatic rings. The van der Waals surface area contributed by atoms with Gasteiger partial charge in [-0.25, -0.2) is 0 Å². The molecule has 8 nitrogen and oxygen atoms in total. The first-order valence-electron chi connectivity index (χ1n) is 8.61. The average Bonchev–Trinajstić information content (AvgIpc) is 2.92. The monoisotopic (exact) mass is 357 g/mol. The van der Waals surface area contributed by atoms with Crippen molar-refractivity contribution in [3.8, 4) is 0 Å². The Kier molecular flexibility index (Phi) is 5.03. The normalized spacial score (nSPS) is 15.3. The molecule has 2 heterocycles. The maximum Gasteiger partial charge on any atom is 0.273 e. The lowest BCUT2D eigenvalue weighted by Gasteiger charge is -2.34. The molecule has 1 aliphatic heterocycles. The van der Waals surface area contributed by atoms with Gasteiger partial charge in [0.05, 0.1) is 10.6 Å². The SMILES string of the molecule is Cc1ccc(C(=O)N2CCN(Cc3cn(C)nc3C)CC2)cc1[N+](=O)[O-]. The summed E-state index contributed by atoms with van der Waals surface area (Å²) in [7, 11) is 1.91. The van der Waals surface area contributed by atoms with Crippen molar-refractivity contribution in [2.45, 2.75) is 20.4 Å². The number of nitro groups is 1. The highest BCUT2D eigenvalue weighted by Gasteiger charge is 2.24. The Labute approximate surface area is 152 Å². The zero-order chi connectivity index (χ0) is 18.8. The zero-order valence-electron chi connectivity index (χ0n) is 15.3. The molecule has 0 radical (unpaired) electrons. The van der Waals surface area contributed by atoms with Crippen LogP contribution >= 0.6 is 0 Å². The van der Waals surface area contributed by atoms with Gasteiger partial charge < -0.3 is 4.90 Å². The summed E-state index contributed by atoms with van der Waals surface area (Å²) in [6, 6.07) is 4.67. The van der Waals surface area contributed by atoms with Gasteiger partial charge in [0.2, 0.25) is 0 Å². The number of nitrogens with zero attached hydrogens (tertiary/aromatic N) is 5. The summed E-state index contributed by atoms with van der Waals surface area (Å²) in [5, 5.41) is 15.4. The molecule has 0 atom stereocenters. The Hall–Kier alpha value is -2.74. The molecule has 0 N–H and O–H groups in total. The number of piperazine rings is 1. The number of aromatic nitrogens is 2. The van der Waals surface area contributed by atoms with Crippen LogP contribution in [0.5, 0.6) is 0 Å². The molecule has 0 aliphatic carbocycles. The van der Waals surface area contributed by atoms with Crippen molar-refractivity contribution in [3.05, 3.63) is 56.9 Å². The van der Waals surface area contributed by atoms with E-state index >= 15 is 0 Å². The van der Waals surface area contributed by atoms with Crippen molar-refractivity contribution in [2.75, 3.05) is 26.2 Å². The Morgan fingerprint density at radius 3 is 2.50 bits per heavy atom. The average molecular weight is 357 g/mol. The maximum atomic E-state index is 12.7. The van der Waals surface area contributed by atoms with Crippen LogP contribution in [0.25, 0.3) is 0 Å². The third-order valence-corrected chi connectivity index (χ3v) is 4.82. The number of carbonyl (C=O) groups is 1. The third-order valence-electron chi connectivity index (χ3n) is 4.82. The summed E-state index contributed by atoms with van der Waals surface area (Å²) < 4.78 is 1.81. The number of rotatable bonds is 4. The minimum Gasteiger partial charge on any atom is -0.336 e. The highest BCUT2D eigenvalue weighted by molar-refractivity contribution is 5.95. The Morgan fingerprint density at radius 1 is 1.23 bits per heavy atom. The summed E-state index contributed by atoms with van der Waals surface area (Å²) in [5.41, 5.74) is 3.14. The lowest BCUT2D eigenvalue weighted by molar-refractivity contribution is -0.385. The topological polar surface area (TPSA) is 84.5 Å². The minimum atomic E-state index is -0.444. The molecule has 138 valence electrons. The number of aryl methyl sites for hydroxylation is 3. The van der Waals surface area contributed by atoms with Gasteiger partial charge in [-0.15, -0.1) is 0 Å². The number of hydrogen-bond acceptors (Lipinski definition) is 5. The van der Waals surface area contributed by atoms with Gasteiger partial charge >= 0.3 is 0 Å². The smallest absolute Gasteiger partial charge is 0.273 e. The molecule has 1 aliphatic rings. The lowest BCUT2D eigenvalue weighted by Crippen LogP contribution is -2.48. The van der Waals surface area contributed by atoms with Gasteiger partial charge in [-0.3, -0.25) is 24.5 Å². The van der Waals surface area contributed by atoms with Gasteiger partial charge in [0.1, 0.15) is 0 Å². The Morgan fingerprint density at radius 2 is 1.92 bits per heavy atom. The van der Waals surface area contributed by atoms with E-state index in [1.54, 1.807) is 24.0 Å². The molecule has 1 amide bonds. The van der Waals surface area contributed by atoms with Gasteiger partial charge in [0.25, 0.3) is 11.6 Å². The molecule has 26 heavy (non-hydrogen) atoms. The molecule has 1 aromatic heterocycles. The Bertz CT molecular complexity index is 837. The van der Waals surface area contributed by atoms with Crippen LogP contribution in [-0.4, -0.2) is 56.6 Å². The molecule has 0 bridgehead atoms. The van der Waals surface area contributed by atoms with Crippen molar-refractivity contribution >= 4 is 11.6 Å². The van der Waals surface area contributed by atoms with E-state index in [-0.39, 0.29) is 11.6 Å². The molecule has 1 fully saturated rings. The van der Waals surface area contributed by atoms with Crippen LogP contribution in [0.15, 0.2) is 24.4 Å². The van der Waals surface area contributed by atoms with E-state index in [0.29, 0.717) is 24.2 Å². The van der Waals surface area contributed by atoms with Crippen molar-refractivity contribution in [2.24, 2.45) is 7.05 Å². The van der Waals surface area contributed by atoms with Crippen LogP contribution in [0.1, 0.15) is 27.2 Å². The molecular weight excluding hydrogens is 334 g/mol. The van der Waals surface area contributed by atoms with Crippen LogP contribution in [0.4, 0.5) is 5.69 Å². The van der Waals surface area contributed by atoms with E-state index in [2.05, 4.69) is 10.00 Å². The summed E-state index contributed by atoms with van der Waals surface area (Å²) >= 11 is 0. The molecule has 3 rings (SSSR count). The predicted octanol–water partition coefficient (Wildman–Crippen LogP) is 1.90. The molecule has 8 heteroatoms. The second-order valence-corrected chi connectivity index (χ2v) is 6.74. The summed E-state index contributed by atoms with van der Waals surface area (Å²) in [5.74, 6) is -0.148. The fourth-order valence-electron chi connectivity index (χ4n) is 3.28. The maximum absolute atomic E-state index is 12.7. The first-order valence-corrected chi connectivity index (χ1v) is 8.61. The van der Waals surface area contributed by atoms with Gasteiger partial charge in [-0.1, -0.05) is 6.07 Å². The summed E-state index contributed by atoms with van der Waals surface area (Å²) in [6.07, 6.45) is 2.03. The summed E-state index contributed by atoms with van der Waals surface area (Å²) in [6.45, 7) is 7.25. The van der Waals surface area contributed by atoms with E-state index in [0.717, 1.165) is 25.3 Å². The van der Waals surface area contributed by atoms with E-state index in [1.807, 2.05) is 24.9 Å². The van der Waals surface area contributed by atoms with Crippen LogP contribution < -0.4 is 0 Å². The van der Waals surface area contributed by atoms with Crippen LogP contribution in [0, 0.1) is 24.0 Å². The number of hydrogen-bond donors (Lipinski definition) is 0. The van der Waals surface area contributed by atoms with Crippen LogP contribution in [0.3, 0.4) is 0 Å². The van der Waals surface area contributed by atoms with Gasteiger partial charge in [-0.05, 0) is 19.9 Å². The fraction of sp³-hybridized carbons (Fsp3) is 0.444. The van der Waals surface area contributed by atoms with Crippen molar-refractivity contribution < 1.29 is 9.72 Å². The minimum absolute atomic E-state index is 0.0125. The van der Waals surface area contributed by atoms with Gasteiger partial charge in [0.15, 0.2) is 0 Å². The number of amides is 1. The number of benzene rings is 1. The van der Waals surface area contributed by atoms with E-state index in [9.17, 15) is 14.9 Å². The second-order valence-electron chi connectivity index (χ2n) is 6.74. The molecule has 0 saturated carbocycles. The van der Waals surface area contributed by atoms with Gasteiger partial charge in [0, 0.05) is 68.7 Å². The first-order chi connectivity index (χ1) is 12.3. The molecule has 0 spiro atoms. The zero-order valence-corrected chi connectivity index (χ0v) is 15.3. The third kappa shape index (κ3) is 3.75. The molecule has 1 saturated heterocycles. The van der Waals surface area contributed by atoms with Crippen LogP contribution in [-0.2, 0) is 13.6 Å². The second kappa shape index (κ2) is 7.25. The van der Waals surface area contributed by atoms with Crippen molar-refractivity contribution in [1.29, 1.82) is 0 Å². The molecular formula is C18H23N5O3. The summed E-state index contributed by atoms with van der Waals surface area (Å²) in [4.78, 5) is 27.4. The molecule has 1 aromatic carbocycles. The van der Waals surface area contributed by atoms with E-state index in [1.165, 1.54) is 11.6 Å². The predicted molar refractivity (Wildman–Crippen MR) is 97.0 cm³/mol. The highest BCUT2D eigenvalue weighted by Crippen LogP contribution is 2.21. The number of nitro benzene ring substituents is 1. The standard InChI is InChI=1S/C18H23N5O3/c1-13-4-5-15(10-17(13)23(25)26)18(24)22-8-6-21(7-9-22)12-16-11-20(3)19-14(16)2/h4-5,10-11H,6-9,12H2,1-3H3. The van der Waals surface area contributed by atoms with E-state index in [4.69, 9.17) is 0 Å².